The van der Waals surface area contributed by atoms with Crippen molar-refractivity contribution in [2.24, 2.45) is 0 Å². The van der Waals surface area contributed by atoms with Crippen molar-refractivity contribution >= 4 is 23.0 Å². The van der Waals surface area contributed by atoms with E-state index in [1.165, 1.54) is 6.20 Å². The van der Waals surface area contributed by atoms with Crippen molar-refractivity contribution in [2.75, 3.05) is 16.8 Å². The Bertz CT molecular complexity index is 519. The summed E-state index contributed by atoms with van der Waals surface area (Å²) >= 11 is 0. The zero-order chi connectivity index (χ0) is 12.3. The summed E-state index contributed by atoms with van der Waals surface area (Å²) in [6, 6.07) is 10.1. The molecule has 0 aliphatic heterocycles. The van der Waals surface area contributed by atoms with Crippen LogP contribution in [0, 0.1) is 0 Å². The van der Waals surface area contributed by atoms with Crippen LogP contribution in [0.25, 0.3) is 0 Å². The molecule has 0 saturated carbocycles. The summed E-state index contributed by atoms with van der Waals surface area (Å²) in [4.78, 5) is 15.7. The van der Waals surface area contributed by atoms with E-state index in [4.69, 9.17) is 11.5 Å². The largest absolute Gasteiger partial charge is 0.399 e. The van der Waals surface area contributed by atoms with Gasteiger partial charge in [-0.25, -0.2) is 4.98 Å². The third-order valence-corrected chi connectivity index (χ3v) is 2.19. The first-order chi connectivity index (χ1) is 8.15. The maximum atomic E-state index is 11.8. The van der Waals surface area contributed by atoms with Crippen molar-refractivity contribution < 1.29 is 4.79 Å². The van der Waals surface area contributed by atoms with Crippen LogP contribution in [-0.2, 0) is 0 Å². The molecule has 2 aromatic rings. The molecule has 0 spiro atoms. The molecule has 0 radical (unpaired) electrons. The van der Waals surface area contributed by atoms with Gasteiger partial charge in [-0.15, -0.1) is 0 Å². The first-order valence-corrected chi connectivity index (χ1v) is 5.03. The second-order valence-corrected chi connectivity index (χ2v) is 3.55. The minimum atomic E-state index is -0.283. The number of nitrogens with one attached hydrogen (secondary N) is 1. The number of carbonyl (C=O) groups is 1. The molecule has 0 aliphatic carbocycles. The number of pyridine rings is 1. The van der Waals surface area contributed by atoms with E-state index in [2.05, 4.69) is 10.3 Å². The second kappa shape index (κ2) is 4.52. The highest BCUT2D eigenvalue weighted by molar-refractivity contribution is 6.02. The Hall–Kier alpha value is -2.56. The molecule has 1 aromatic heterocycles. The fourth-order valence-corrected chi connectivity index (χ4v) is 1.30. The predicted molar refractivity (Wildman–Crippen MR) is 67.5 cm³/mol. The molecule has 2 rings (SSSR count). The number of nitrogen functional groups attached to an aromatic ring is 2. The van der Waals surface area contributed by atoms with E-state index in [-0.39, 0.29) is 5.91 Å². The molecule has 1 aromatic carbocycles. The van der Waals surface area contributed by atoms with E-state index < -0.39 is 0 Å². The fraction of sp³-hybridized carbons (Fsp3) is 0. The summed E-state index contributed by atoms with van der Waals surface area (Å²) in [5, 5.41) is 2.71. The summed E-state index contributed by atoms with van der Waals surface area (Å²) in [6.07, 6.45) is 1.44. The minimum absolute atomic E-state index is 0.283. The molecule has 5 N–H and O–H groups in total. The van der Waals surface area contributed by atoms with Gasteiger partial charge >= 0.3 is 0 Å². The number of carbonyl (C=O) groups excluding carboxylic acids is 1. The van der Waals surface area contributed by atoms with Gasteiger partial charge in [-0.1, -0.05) is 0 Å². The van der Waals surface area contributed by atoms with Crippen LogP contribution in [0.1, 0.15) is 10.5 Å². The molecule has 5 nitrogen and oxygen atoms in total. The van der Waals surface area contributed by atoms with E-state index in [9.17, 15) is 4.79 Å². The summed E-state index contributed by atoms with van der Waals surface area (Å²) in [7, 11) is 0. The van der Waals surface area contributed by atoms with E-state index in [0.717, 1.165) is 0 Å². The van der Waals surface area contributed by atoms with Gasteiger partial charge in [-0.2, -0.15) is 0 Å². The molecule has 0 fully saturated rings. The molecule has 0 bridgehead atoms. The summed E-state index contributed by atoms with van der Waals surface area (Å²) < 4.78 is 0. The Kier molecular flexibility index (Phi) is 2.91. The van der Waals surface area contributed by atoms with E-state index in [0.29, 0.717) is 22.8 Å². The zero-order valence-corrected chi connectivity index (χ0v) is 9.05. The van der Waals surface area contributed by atoms with Gasteiger partial charge in [0.05, 0.1) is 11.9 Å². The molecule has 0 unspecified atom stereocenters. The number of amides is 1. The maximum absolute atomic E-state index is 11.8. The summed E-state index contributed by atoms with van der Waals surface area (Å²) in [5.74, 6) is -0.283. The first kappa shape index (κ1) is 10.9. The number of anilines is 3. The van der Waals surface area contributed by atoms with Gasteiger partial charge in [-0.3, -0.25) is 4.79 Å². The van der Waals surface area contributed by atoms with Crippen LogP contribution in [0.3, 0.4) is 0 Å². The van der Waals surface area contributed by atoms with Crippen molar-refractivity contribution in [2.45, 2.75) is 0 Å². The average molecular weight is 228 g/mol. The number of nitrogens with two attached hydrogens (primary N) is 2. The molecular formula is C12H12N4O. The number of nitrogens with zero attached hydrogens (tertiary/aromatic N) is 1. The van der Waals surface area contributed by atoms with Crippen molar-refractivity contribution in [3.8, 4) is 0 Å². The van der Waals surface area contributed by atoms with Crippen molar-refractivity contribution in [1.29, 1.82) is 0 Å². The lowest BCUT2D eigenvalue weighted by atomic mass is 10.2. The van der Waals surface area contributed by atoms with Crippen LogP contribution in [0.2, 0.25) is 0 Å². The highest BCUT2D eigenvalue weighted by Gasteiger charge is 2.06. The SMILES string of the molecule is Nc1ccc(NC(=O)c2ccc(N)cn2)cc1. The van der Waals surface area contributed by atoms with Gasteiger partial charge in [0, 0.05) is 11.4 Å². The van der Waals surface area contributed by atoms with Crippen LogP contribution in [-0.4, -0.2) is 10.9 Å². The Morgan fingerprint density at radius 2 is 1.65 bits per heavy atom. The smallest absolute Gasteiger partial charge is 0.274 e. The quantitative estimate of drug-likeness (QED) is 0.679. The van der Waals surface area contributed by atoms with Crippen molar-refractivity contribution in [3.05, 3.63) is 48.3 Å². The molecule has 1 amide bonds. The van der Waals surface area contributed by atoms with Crippen LogP contribution >= 0.6 is 0 Å². The number of rotatable bonds is 2. The van der Waals surface area contributed by atoms with Crippen molar-refractivity contribution in [3.63, 3.8) is 0 Å². The van der Waals surface area contributed by atoms with Gasteiger partial charge in [0.15, 0.2) is 0 Å². The zero-order valence-electron chi connectivity index (χ0n) is 9.05. The molecule has 0 atom stereocenters. The molecule has 17 heavy (non-hydrogen) atoms. The van der Waals surface area contributed by atoms with Crippen LogP contribution in [0.15, 0.2) is 42.6 Å². The average Bonchev–Trinajstić information content (AvgIpc) is 2.33. The predicted octanol–water partition coefficient (Wildman–Crippen LogP) is 1.50. The monoisotopic (exact) mass is 228 g/mol. The molecule has 5 heteroatoms. The fourth-order valence-electron chi connectivity index (χ4n) is 1.30. The maximum Gasteiger partial charge on any atom is 0.274 e. The third kappa shape index (κ3) is 2.72. The van der Waals surface area contributed by atoms with Gasteiger partial charge in [0.1, 0.15) is 5.69 Å². The van der Waals surface area contributed by atoms with Crippen LogP contribution in [0.4, 0.5) is 17.1 Å². The Morgan fingerprint density at radius 1 is 1.00 bits per heavy atom. The van der Waals surface area contributed by atoms with Gasteiger partial charge in [-0.05, 0) is 36.4 Å². The number of benzene rings is 1. The minimum Gasteiger partial charge on any atom is -0.399 e. The Morgan fingerprint density at radius 3 is 2.24 bits per heavy atom. The highest BCUT2D eigenvalue weighted by Crippen LogP contribution is 2.11. The highest BCUT2D eigenvalue weighted by atomic mass is 16.1. The molecule has 86 valence electrons. The number of hydrogen-bond acceptors (Lipinski definition) is 4. The van der Waals surface area contributed by atoms with E-state index in [1.807, 2.05) is 0 Å². The Labute approximate surface area is 98.5 Å². The lowest BCUT2D eigenvalue weighted by Gasteiger charge is -2.04. The lowest BCUT2D eigenvalue weighted by Crippen LogP contribution is -2.13. The van der Waals surface area contributed by atoms with Crippen molar-refractivity contribution in [1.82, 2.24) is 4.98 Å². The van der Waals surface area contributed by atoms with Gasteiger partial charge in [0.2, 0.25) is 0 Å². The summed E-state index contributed by atoms with van der Waals surface area (Å²) in [5.41, 5.74) is 13.2. The van der Waals surface area contributed by atoms with Crippen LogP contribution < -0.4 is 16.8 Å². The lowest BCUT2D eigenvalue weighted by molar-refractivity contribution is 0.102. The van der Waals surface area contributed by atoms with Gasteiger partial charge in [0.25, 0.3) is 5.91 Å². The normalized spacial score (nSPS) is 9.88. The standard InChI is InChI=1S/C12H12N4O/c13-8-1-4-10(5-2-8)16-12(17)11-6-3-9(14)7-15-11/h1-7H,13-14H2,(H,16,17). The summed E-state index contributed by atoms with van der Waals surface area (Å²) in [6.45, 7) is 0. The van der Waals surface area contributed by atoms with Crippen LogP contribution in [0.5, 0.6) is 0 Å². The Balaban J connectivity index is 2.11. The van der Waals surface area contributed by atoms with Gasteiger partial charge < -0.3 is 16.8 Å². The molecule has 0 aliphatic rings. The van der Waals surface area contributed by atoms with E-state index >= 15 is 0 Å². The molecule has 0 saturated heterocycles. The second-order valence-electron chi connectivity index (χ2n) is 3.55. The van der Waals surface area contributed by atoms with E-state index in [1.54, 1.807) is 36.4 Å². The number of aromatic nitrogens is 1. The molecule has 1 heterocycles. The first-order valence-electron chi connectivity index (χ1n) is 5.03. The topological polar surface area (TPSA) is 94.0 Å². The third-order valence-electron chi connectivity index (χ3n) is 2.19. The number of hydrogen-bond donors (Lipinski definition) is 3. The molecular weight excluding hydrogens is 216 g/mol.